The monoisotopic (exact) mass is 426 g/mol. The molecule has 30 heavy (non-hydrogen) atoms. The molecule has 6 nitrogen and oxygen atoms in total. The maximum atomic E-state index is 13.6. The van der Waals surface area contributed by atoms with Crippen molar-refractivity contribution in [2.45, 2.75) is 33.4 Å². The number of nitrogens with zero attached hydrogens (tertiary/aromatic N) is 1. The summed E-state index contributed by atoms with van der Waals surface area (Å²) in [6.07, 6.45) is 0.593. The summed E-state index contributed by atoms with van der Waals surface area (Å²) in [5.74, 6) is 0.125. The summed E-state index contributed by atoms with van der Waals surface area (Å²) in [4.78, 5) is 31.9. The maximum absolute atomic E-state index is 13.6. The molecule has 1 N–H and O–H groups in total. The van der Waals surface area contributed by atoms with Crippen LogP contribution in [0.1, 0.15) is 49.5 Å². The van der Waals surface area contributed by atoms with Gasteiger partial charge in [-0.1, -0.05) is 31.2 Å². The zero-order valence-corrected chi connectivity index (χ0v) is 18.5. The molecule has 0 radical (unpaired) electrons. The molecule has 3 aromatic rings. The first kappa shape index (κ1) is 21.6. The highest BCUT2D eigenvalue weighted by molar-refractivity contribution is 7.09. The van der Waals surface area contributed by atoms with Crippen LogP contribution >= 0.6 is 11.3 Å². The fourth-order valence-corrected chi connectivity index (χ4v) is 4.22. The summed E-state index contributed by atoms with van der Waals surface area (Å²) < 4.78 is 10.4. The molecule has 1 aromatic carbocycles. The van der Waals surface area contributed by atoms with Gasteiger partial charge in [-0.15, -0.1) is 11.3 Å². The average Bonchev–Trinajstić information content (AvgIpc) is 3.40. The minimum atomic E-state index is -0.436. The van der Waals surface area contributed by atoms with Gasteiger partial charge in [0.1, 0.15) is 11.4 Å². The van der Waals surface area contributed by atoms with E-state index in [0.717, 1.165) is 16.2 Å². The number of carbonyl (C=O) groups excluding carboxylic acids is 2. The number of para-hydroxylation sites is 1. The van der Waals surface area contributed by atoms with Gasteiger partial charge in [-0.2, -0.15) is 0 Å². The highest BCUT2D eigenvalue weighted by Crippen LogP contribution is 2.26. The number of rotatable bonds is 8. The molecule has 0 atom stereocenters. The van der Waals surface area contributed by atoms with Gasteiger partial charge < -0.3 is 19.4 Å². The number of hydrogen-bond acceptors (Lipinski definition) is 5. The van der Waals surface area contributed by atoms with Crippen LogP contribution in [0.25, 0.3) is 0 Å². The van der Waals surface area contributed by atoms with Gasteiger partial charge in [0.25, 0.3) is 5.91 Å². The van der Waals surface area contributed by atoms with Crippen molar-refractivity contribution in [2.75, 3.05) is 14.2 Å². The largest absolute Gasteiger partial charge is 0.496 e. The molecule has 158 valence electrons. The van der Waals surface area contributed by atoms with Crippen LogP contribution < -0.4 is 4.74 Å². The topological polar surface area (TPSA) is 71.6 Å². The van der Waals surface area contributed by atoms with E-state index in [-0.39, 0.29) is 5.91 Å². The van der Waals surface area contributed by atoms with E-state index in [0.29, 0.717) is 42.0 Å². The number of aromatic nitrogens is 1. The Balaban J connectivity index is 2.00. The standard InChI is InChI=1S/C23H26N2O4S/c1-5-18-20(23(27)29-4)15(2)21(24-18)22(26)25(14-17-10-8-12-30-17)13-16-9-6-7-11-19(16)28-3/h6-12,24H,5,13-14H2,1-4H3. The summed E-state index contributed by atoms with van der Waals surface area (Å²) in [5, 5.41) is 1.99. The van der Waals surface area contributed by atoms with E-state index >= 15 is 0 Å². The second kappa shape index (κ2) is 9.63. The van der Waals surface area contributed by atoms with E-state index in [1.54, 1.807) is 30.3 Å². The van der Waals surface area contributed by atoms with Gasteiger partial charge in [0.2, 0.25) is 0 Å². The second-order valence-electron chi connectivity index (χ2n) is 6.88. The van der Waals surface area contributed by atoms with E-state index in [1.165, 1.54) is 7.11 Å². The number of methoxy groups -OCH3 is 2. The van der Waals surface area contributed by atoms with Crippen molar-refractivity contribution in [1.29, 1.82) is 0 Å². The zero-order valence-electron chi connectivity index (χ0n) is 17.7. The van der Waals surface area contributed by atoms with Crippen molar-refractivity contribution >= 4 is 23.2 Å². The lowest BCUT2D eigenvalue weighted by molar-refractivity contribution is 0.0599. The Kier molecular flexibility index (Phi) is 6.95. The SMILES string of the molecule is CCc1[nH]c(C(=O)N(Cc2cccs2)Cc2ccccc2OC)c(C)c1C(=O)OC. The number of esters is 1. The fourth-order valence-electron chi connectivity index (χ4n) is 3.50. The summed E-state index contributed by atoms with van der Waals surface area (Å²) >= 11 is 1.60. The number of hydrogen-bond donors (Lipinski definition) is 1. The van der Waals surface area contributed by atoms with E-state index in [1.807, 2.05) is 48.7 Å². The van der Waals surface area contributed by atoms with Crippen LogP contribution in [0.4, 0.5) is 0 Å². The molecule has 2 heterocycles. The van der Waals surface area contributed by atoms with Crippen molar-refractivity contribution in [2.24, 2.45) is 0 Å². The number of benzene rings is 1. The Bertz CT molecular complexity index is 1020. The van der Waals surface area contributed by atoms with Gasteiger partial charge in [0, 0.05) is 16.1 Å². The molecule has 2 aromatic heterocycles. The molecule has 0 saturated carbocycles. The smallest absolute Gasteiger partial charge is 0.339 e. The van der Waals surface area contributed by atoms with E-state index in [2.05, 4.69) is 4.98 Å². The summed E-state index contributed by atoms with van der Waals surface area (Å²) in [6, 6.07) is 11.6. The minimum Gasteiger partial charge on any atom is -0.496 e. The van der Waals surface area contributed by atoms with Gasteiger partial charge in [0.05, 0.1) is 32.9 Å². The number of carbonyl (C=O) groups is 2. The summed E-state index contributed by atoms with van der Waals surface area (Å²) in [7, 11) is 2.97. The number of aromatic amines is 1. The van der Waals surface area contributed by atoms with Crippen molar-refractivity contribution in [1.82, 2.24) is 9.88 Å². The second-order valence-corrected chi connectivity index (χ2v) is 7.91. The predicted molar refractivity (Wildman–Crippen MR) is 117 cm³/mol. The van der Waals surface area contributed by atoms with Crippen molar-refractivity contribution in [3.05, 3.63) is 74.7 Å². The predicted octanol–water partition coefficient (Wildman–Crippen LogP) is 4.58. The number of aryl methyl sites for hydroxylation is 1. The highest BCUT2D eigenvalue weighted by Gasteiger charge is 2.27. The Morgan fingerprint density at radius 1 is 1.10 bits per heavy atom. The van der Waals surface area contributed by atoms with Crippen molar-refractivity contribution < 1.29 is 19.1 Å². The quantitative estimate of drug-likeness (QED) is 0.535. The molecule has 0 unspecified atom stereocenters. The van der Waals surface area contributed by atoms with Crippen LogP contribution in [0.3, 0.4) is 0 Å². The molecule has 0 fully saturated rings. The lowest BCUT2D eigenvalue weighted by Gasteiger charge is -2.23. The number of ether oxygens (including phenoxy) is 2. The Morgan fingerprint density at radius 2 is 1.87 bits per heavy atom. The van der Waals surface area contributed by atoms with Crippen LogP contribution in [-0.2, 0) is 24.2 Å². The van der Waals surface area contributed by atoms with E-state index in [9.17, 15) is 9.59 Å². The van der Waals surface area contributed by atoms with E-state index in [4.69, 9.17) is 9.47 Å². The summed E-state index contributed by atoms with van der Waals surface area (Å²) in [5.41, 5.74) is 3.09. The highest BCUT2D eigenvalue weighted by atomic mass is 32.1. The molecule has 0 bridgehead atoms. The number of H-pyrrole nitrogens is 1. The lowest BCUT2D eigenvalue weighted by atomic mass is 10.1. The van der Waals surface area contributed by atoms with Gasteiger partial charge >= 0.3 is 5.97 Å². The van der Waals surface area contributed by atoms with Crippen LogP contribution in [0, 0.1) is 6.92 Å². The average molecular weight is 427 g/mol. The lowest BCUT2D eigenvalue weighted by Crippen LogP contribution is -2.31. The van der Waals surface area contributed by atoms with Gasteiger partial charge in [-0.05, 0) is 36.4 Å². The maximum Gasteiger partial charge on any atom is 0.339 e. The molecular weight excluding hydrogens is 400 g/mol. The van der Waals surface area contributed by atoms with Crippen LogP contribution in [-0.4, -0.2) is 36.0 Å². The minimum absolute atomic E-state index is 0.170. The third-order valence-electron chi connectivity index (χ3n) is 5.05. The zero-order chi connectivity index (χ0) is 21.7. The Hall–Kier alpha value is -3.06. The van der Waals surface area contributed by atoms with Gasteiger partial charge in [-0.3, -0.25) is 4.79 Å². The van der Waals surface area contributed by atoms with Crippen LogP contribution in [0.5, 0.6) is 5.75 Å². The normalized spacial score (nSPS) is 10.7. The molecule has 0 aliphatic carbocycles. The van der Waals surface area contributed by atoms with Crippen LogP contribution in [0.15, 0.2) is 41.8 Å². The molecule has 3 rings (SSSR count). The molecule has 0 saturated heterocycles. The molecule has 0 spiro atoms. The van der Waals surface area contributed by atoms with Crippen molar-refractivity contribution in [3.8, 4) is 5.75 Å². The first-order chi connectivity index (χ1) is 14.5. The molecule has 1 amide bonds. The molecule has 7 heteroatoms. The van der Waals surface area contributed by atoms with Crippen molar-refractivity contribution in [3.63, 3.8) is 0 Å². The van der Waals surface area contributed by atoms with Gasteiger partial charge in [0.15, 0.2) is 0 Å². The third kappa shape index (κ3) is 4.41. The first-order valence-electron chi connectivity index (χ1n) is 9.73. The Labute approximate surface area is 180 Å². The number of amides is 1. The molecule has 0 aliphatic rings. The molecular formula is C23H26N2O4S. The van der Waals surface area contributed by atoms with E-state index < -0.39 is 5.97 Å². The number of thiophene rings is 1. The fraction of sp³-hybridized carbons (Fsp3) is 0.304. The van der Waals surface area contributed by atoms with Crippen LogP contribution in [0.2, 0.25) is 0 Å². The summed E-state index contributed by atoms with van der Waals surface area (Å²) in [6.45, 7) is 4.56. The molecule has 0 aliphatic heterocycles. The Morgan fingerprint density at radius 3 is 2.50 bits per heavy atom. The van der Waals surface area contributed by atoms with Gasteiger partial charge in [-0.25, -0.2) is 4.79 Å². The third-order valence-corrected chi connectivity index (χ3v) is 5.91. The number of nitrogens with one attached hydrogen (secondary N) is 1. The first-order valence-corrected chi connectivity index (χ1v) is 10.6.